The third kappa shape index (κ3) is 4.60. The van der Waals surface area contributed by atoms with E-state index in [4.69, 9.17) is 4.42 Å². The first kappa shape index (κ1) is 17.5. The standard InChI is InChI=1S/C17H20BrN3O2S/c1-11-4-2-3-5-14(11)19-15(22)10-24-17-21-20-16(23-17)12-6-8-13(18)9-7-12/h6-9,11,14H,2-5,10H2,1H3,(H,19,22)/t11-,14+/m1/s1. The number of thioether (sulfide) groups is 1. The van der Waals surface area contributed by atoms with Gasteiger partial charge in [0, 0.05) is 16.1 Å². The summed E-state index contributed by atoms with van der Waals surface area (Å²) in [5.41, 5.74) is 0.859. The molecule has 0 aliphatic heterocycles. The molecule has 2 atom stereocenters. The van der Waals surface area contributed by atoms with Gasteiger partial charge in [-0.05, 0) is 43.0 Å². The van der Waals surface area contributed by atoms with Crippen LogP contribution in [0.1, 0.15) is 32.6 Å². The molecule has 0 saturated heterocycles. The van der Waals surface area contributed by atoms with Crippen LogP contribution in [-0.2, 0) is 4.79 Å². The van der Waals surface area contributed by atoms with Crippen molar-refractivity contribution in [1.29, 1.82) is 0 Å². The average molecular weight is 410 g/mol. The van der Waals surface area contributed by atoms with Gasteiger partial charge in [-0.3, -0.25) is 4.79 Å². The fraction of sp³-hybridized carbons (Fsp3) is 0.471. The number of carbonyl (C=O) groups is 1. The monoisotopic (exact) mass is 409 g/mol. The number of aromatic nitrogens is 2. The highest BCUT2D eigenvalue weighted by Gasteiger charge is 2.23. The Morgan fingerprint density at radius 3 is 2.79 bits per heavy atom. The highest BCUT2D eigenvalue weighted by atomic mass is 79.9. The molecule has 1 heterocycles. The molecule has 1 N–H and O–H groups in total. The molecule has 1 aliphatic rings. The molecule has 7 heteroatoms. The van der Waals surface area contributed by atoms with Crippen molar-refractivity contribution in [2.45, 2.75) is 43.9 Å². The molecule has 0 radical (unpaired) electrons. The van der Waals surface area contributed by atoms with Gasteiger partial charge in [0.25, 0.3) is 5.22 Å². The second kappa shape index (κ2) is 8.16. The van der Waals surface area contributed by atoms with Crippen LogP contribution in [0.3, 0.4) is 0 Å². The van der Waals surface area contributed by atoms with E-state index in [1.807, 2.05) is 24.3 Å². The first-order chi connectivity index (χ1) is 11.6. The van der Waals surface area contributed by atoms with Crippen molar-refractivity contribution in [2.24, 2.45) is 5.92 Å². The quantitative estimate of drug-likeness (QED) is 0.745. The minimum absolute atomic E-state index is 0.0298. The molecule has 1 aliphatic carbocycles. The van der Waals surface area contributed by atoms with Crippen LogP contribution in [-0.4, -0.2) is 27.9 Å². The Bertz CT molecular complexity index is 689. The molecule has 1 aromatic carbocycles. The lowest BCUT2D eigenvalue weighted by molar-refractivity contribution is -0.119. The lowest BCUT2D eigenvalue weighted by Crippen LogP contribution is -2.41. The Balaban J connectivity index is 1.51. The SMILES string of the molecule is C[C@@H]1CCCC[C@@H]1NC(=O)CSc1nnc(-c2ccc(Br)cc2)o1. The van der Waals surface area contributed by atoms with Crippen LogP contribution < -0.4 is 5.32 Å². The maximum Gasteiger partial charge on any atom is 0.277 e. The Hall–Kier alpha value is -1.34. The maximum absolute atomic E-state index is 12.1. The summed E-state index contributed by atoms with van der Waals surface area (Å²) < 4.78 is 6.61. The van der Waals surface area contributed by atoms with Gasteiger partial charge in [-0.25, -0.2) is 0 Å². The number of halogens is 1. The first-order valence-corrected chi connectivity index (χ1v) is 9.91. The van der Waals surface area contributed by atoms with Crippen LogP contribution in [0.25, 0.3) is 11.5 Å². The number of carbonyl (C=O) groups excluding carboxylic acids is 1. The highest BCUT2D eigenvalue weighted by Crippen LogP contribution is 2.26. The number of amides is 1. The predicted molar refractivity (Wildman–Crippen MR) is 97.7 cm³/mol. The molecule has 0 bridgehead atoms. The molecule has 0 spiro atoms. The van der Waals surface area contributed by atoms with E-state index in [1.54, 1.807) is 0 Å². The first-order valence-electron chi connectivity index (χ1n) is 8.13. The van der Waals surface area contributed by atoms with E-state index in [2.05, 4.69) is 38.4 Å². The van der Waals surface area contributed by atoms with Gasteiger partial charge in [0.15, 0.2) is 0 Å². The Kier molecular flexibility index (Phi) is 5.94. The largest absolute Gasteiger partial charge is 0.411 e. The fourth-order valence-electron chi connectivity index (χ4n) is 2.88. The third-order valence-corrected chi connectivity index (χ3v) is 5.63. The van der Waals surface area contributed by atoms with Gasteiger partial charge in [-0.2, -0.15) is 0 Å². The Morgan fingerprint density at radius 2 is 2.04 bits per heavy atom. The van der Waals surface area contributed by atoms with E-state index >= 15 is 0 Å². The summed E-state index contributed by atoms with van der Waals surface area (Å²) in [4.78, 5) is 12.1. The molecule has 128 valence electrons. The van der Waals surface area contributed by atoms with E-state index < -0.39 is 0 Å². The molecule has 2 aromatic rings. The molecule has 1 fully saturated rings. The van der Waals surface area contributed by atoms with Crippen molar-refractivity contribution in [1.82, 2.24) is 15.5 Å². The number of benzene rings is 1. The molecule has 0 unspecified atom stereocenters. The van der Waals surface area contributed by atoms with Gasteiger partial charge in [-0.15, -0.1) is 10.2 Å². The van der Waals surface area contributed by atoms with Crippen molar-refractivity contribution in [3.63, 3.8) is 0 Å². The molecule has 24 heavy (non-hydrogen) atoms. The van der Waals surface area contributed by atoms with Crippen LogP contribution in [0.15, 0.2) is 38.4 Å². The molecule has 5 nitrogen and oxygen atoms in total. The lowest BCUT2D eigenvalue weighted by atomic mass is 9.86. The topological polar surface area (TPSA) is 68.0 Å². The van der Waals surface area contributed by atoms with Crippen molar-refractivity contribution in [2.75, 3.05) is 5.75 Å². The van der Waals surface area contributed by atoms with Crippen LogP contribution in [0, 0.1) is 5.92 Å². The van der Waals surface area contributed by atoms with Gasteiger partial charge < -0.3 is 9.73 Å². The zero-order valence-electron chi connectivity index (χ0n) is 13.5. The second-order valence-corrected chi connectivity index (χ2v) is 7.95. The Morgan fingerprint density at radius 1 is 1.29 bits per heavy atom. The summed E-state index contributed by atoms with van der Waals surface area (Å²) in [6.07, 6.45) is 4.73. The lowest BCUT2D eigenvalue weighted by Gasteiger charge is -2.29. The minimum atomic E-state index is 0.0298. The number of nitrogens with one attached hydrogen (secondary N) is 1. The van der Waals surface area contributed by atoms with E-state index in [0.29, 0.717) is 28.8 Å². The van der Waals surface area contributed by atoms with E-state index in [0.717, 1.165) is 16.5 Å². The van der Waals surface area contributed by atoms with Crippen LogP contribution in [0.5, 0.6) is 0 Å². The summed E-state index contributed by atoms with van der Waals surface area (Å²) in [6, 6.07) is 7.95. The van der Waals surface area contributed by atoms with E-state index in [-0.39, 0.29) is 5.91 Å². The summed E-state index contributed by atoms with van der Waals surface area (Å²) in [5.74, 6) is 1.35. The van der Waals surface area contributed by atoms with Crippen molar-refractivity contribution in [3.05, 3.63) is 28.7 Å². The molecule has 1 aromatic heterocycles. The molecular weight excluding hydrogens is 390 g/mol. The van der Waals surface area contributed by atoms with Gasteiger partial charge in [0.05, 0.1) is 5.75 Å². The van der Waals surface area contributed by atoms with Crippen molar-refractivity contribution < 1.29 is 9.21 Å². The predicted octanol–water partition coefficient (Wildman–Crippen LogP) is 4.29. The number of hydrogen-bond donors (Lipinski definition) is 1. The van der Waals surface area contributed by atoms with E-state index in [1.165, 1.54) is 31.0 Å². The van der Waals surface area contributed by atoms with E-state index in [9.17, 15) is 4.79 Å². The van der Waals surface area contributed by atoms with Gasteiger partial charge in [0.2, 0.25) is 11.8 Å². The van der Waals surface area contributed by atoms with Crippen molar-refractivity contribution >= 4 is 33.6 Å². The summed E-state index contributed by atoms with van der Waals surface area (Å²) in [7, 11) is 0. The molecule has 1 saturated carbocycles. The van der Waals surface area contributed by atoms with Gasteiger partial charge in [0.1, 0.15) is 0 Å². The van der Waals surface area contributed by atoms with Crippen LogP contribution >= 0.6 is 27.7 Å². The van der Waals surface area contributed by atoms with Crippen LogP contribution in [0.2, 0.25) is 0 Å². The van der Waals surface area contributed by atoms with Gasteiger partial charge >= 0.3 is 0 Å². The van der Waals surface area contributed by atoms with Gasteiger partial charge in [-0.1, -0.05) is 47.5 Å². The summed E-state index contributed by atoms with van der Waals surface area (Å²) >= 11 is 4.67. The number of hydrogen-bond acceptors (Lipinski definition) is 5. The summed E-state index contributed by atoms with van der Waals surface area (Å²) in [5, 5.41) is 11.6. The Labute approximate surface area is 154 Å². The second-order valence-electron chi connectivity index (χ2n) is 6.10. The molecular formula is C17H20BrN3O2S. The van der Waals surface area contributed by atoms with Crippen molar-refractivity contribution in [3.8, 4) is 11.5 Å². The number of nitrogens with zero attached hydrogens (tertiary/aromatic N) is 2. The third-order valence-electron chi connectivity index (χ3n) is 4.28. The smallest absolute Gasteiger partial charge is 0.277 e. The minimum Gasteiger partial charge on any atom is -0.411 e. The molecule has 1 amide bonds. The average Bonchev–Trinajstić information content (AvgIpc) is 3.05. The molecule has 3 rings (SSSR count). The summed E-state index contributed by atoms with van der Waals surface area (Å²) in [6.45, 7) is 2.21. The fourth-order valence-corrected chi connectivity index (χ4v) is 3.72. The number of rotatable bonds is 5. The zero-order valence-corrected chi connectivity index (χ0v) is 15.9. The maximum atomic E-state index is 12.1. The normalized spacial score (nSPS) is 20.8. The van der Waals surface area contributed by atoms with Crippen LogP contribution in [0.4, 0.5) is 0 Å². The highest BCUT2D eigenvalue weighted by molar-refractivity contribution is 9.10. The zero-order chi connectivity index (χ0) is 16.9.